The molecule has 4 nitrogen and oxygen atoms in total. The van der Waals surface area contributed by atoms with E-state index in [4.69, 9.17) is 9.84 Å². The van der Waals surface area contributed by atoms with Crippen molar-refractivity contribution in [3.8, 4) is 5.75 Å². The summed E-state index contributed by atoms with van der Waals surface area (Å²) in [4.78, 5) is 15.6. The summed E-state index contributed by atoms with van der Waals surface area (Å²) in [6, 6.07) is 11.2. The highest BCUT2D eigenvalue weighted by atomic mass is 32.1. The Morgan fingerprint density at radius 2 is 2.15 bits per heavy atom. The van der Waals surface area contributed by atoms with Crippen molar-refractivity contribution in [2.45, 2.75) is 6.61 Å². The van der Waals surface area contributed by atoms with Gasteiger partial charge in [-0.15, -0.1) is 11.3 Å². The second-order valence-corrected chi connectivity index (χ2v) is 5.11. The number of fused-ring (bicyclic) bond motifs is 1. The van der Waals surface area contributed by atoms with Crippen molar-refractivity contribution in [2.75, 3.05) is 0 Å². The van der Waals surface area contributed by atoms with Gasteiger partial charge < -0.3 is 9.84 Å². The van der Waals surface area contributed by atoms with E-state index in [0.717, 1.165) is 10.9 Å². The number of carboxylic acids is 1. The van der Waals surface area contributed by atoms with Crippen molar-refractivity contribution >= 4 is 28.2 Å². The van der Waals surface area contributed by atoms with Crippen molar-refractivity contribution in [2.24, 2.45) is 0 Å². The number of benzene rings is 1. The molecule has 0 amide bonds. The van der Waals surface area contributed by atoms with Crippen molar-refractivity contribution in [3.05, 3.63) is 58.4 Å². The van der Waals surface area contributed by atoms with E-state index >= 15 is 0 Å². The van der Waals surface area contributed by atoms with Gasteiger partial charge in [-0.1, -0.05) is 6.07 Å². The zero-order chi connectivity index (χ0) is 13.9. The zero-order valence-electron chi connectivity index (χ0n) is 10.4. The van der Waals surface area contributed by atoms with Crippen molar-refractivity contribution in [1.29, 1.82) is 0 Å². The Hall–Kier alpha value is -2.40. The maximum absolute atomic E-state index is 11.1. The lowest BCUT2D eigenvalue weighted by Crippen LogP contribution is -2.02. The van der Waals surface area contributed by atoms with E-state index in [1.54, 1.807) is 17.6 Å². The molecule has 0 saturated heterocycles. The van der Waals surface area contributed by atoms with Crippen LogP contribution in [-0.4, -0.2) is 16.1 Å². The van der Waals surface area contributed by atoms with Crippen molar-refractivity contribution in [1.82, 2.24) is 4.98 Å². The molecule has 1 N–H and O–H groups in total. The fraction of sp³-hybridized carbons (Fsp3) is 0.0667. The molecule has 0 fully saturated rings. The summed E-state index contributed by atoms with van der Waals surface area (Å²) in [6.07, 6.45) is 1.73. The Morgan fingerprint density at radius 3 is 3.00 bits per heavy atom. The quantitative estimate of drug-likeness (QED) is 0.796. The van der Waals surface area contributed by atoms with E-state index in [-0.39, 0.29) is 6.61 Å². The number of ether oxygens (including phenoxy) is 1. The predicted octanol–water partition coefficient (Wildman–Crippen LogP) is 3.57. The van der Waals surface area contributed by atoms with Gasteiger partial charge in [0.1, 0.15) is 17.2 Å². The van der Waals surface area contributed by atoms with Crippen LogP contribution in [0.1, 0.15) is 15.2 Å². The highest BCUT2D eigenvalue weighted by Crippen LogP contribution is 2.26. The zero-order valence-corrected chi connectivity index (χ0v) is 11.3. The Labute approximate surface area is 119 Å². The monoisotopic (exact) mass is 285 g/mol. The lowest BCUT2D eigenvalue weighted by molar-refractivity contribution is 0.0699. The molecule has 0 unspecified atom stereocenters. The summed E-state index contributed by atoms with van der Waals surface area (Å²) in [5.41, 5.74) is 1.54. The lowest BCUT2D eigenvalue weighted by Gasteiger charge is -2.08. The Bertz CT molecular complexity index is 761. The third-order valence-corrected chi connectivity index (χ3v) is 3.87. The molecule has 0 radical (unpaired) electrons. The summed E-state index contributed by atoms with van der Waals surface area (Å²) < 4.78 is 5.76. The molecule has 3 aromatic rings. The normalized spacial score (nSPS) is 10.6. The third-order valence-electron chi connectivity index (χ3n) is 2.93. The van der Waals surface area contributed by atoms with Crippen LogP contribution in [0.3, 0.4) is 0 Å². The Morgan fingerprint density at radius 1 is 1.25 bits per heavy atom. The molecule has 0 atom stereocenters. The van der Waals surface area contributed by atoms with Crippen LogP contribution in [-0.2, 0) is 6.61 Å². The van der Waals surface area contributed by atoms with Gasteiger partial charge in [0.05, 0.1) is 5.52 Å². The molecule has 2 aromatic heterocycles. The smallest absolute Gasteiger partial charge is 0.346 e. The average Bonchev–Trinajstić information content (AvgIpc) is 2.93. The van der Waals surface area contributed by atoms with Gasteiger partial charge in [-0.3, -0.25) is 4.98 Å². The van der Waals surface area contributed by atoms with Crippen LogP contribution in [0.15, 0.2) is 48.0 Å². The second kappa shape index (κ2) is 5.30. The van der Waals surface area contributed by atoms with Crippen LogP contribution in [0.5, 0.6) is 5.75 Å². The molecule has 1 aromatic carbocycles. The van der Waals surface area contributed by atoms with Gasteiger partial charge in [-0.25, -0.2) is 4.79 Å². The maximum Gasteiger partial charge on any atom is 0.346 e. The van der Waals surface area contributed by atoms with Crippen LogP contribution < -0.4 is 4.74 Å². The molecule has 5 heteroatoms. The van der Waals surface area contributed by atoms with Gasteiger partial charge in [-0.05, 0) is 35.7 Å². The fourth-order valence-electron chi connectivity index (χ4n) is 1.99. The fourth-order valence-corrected chi connectivity index (χ4v) is 2.74. The van der Waals surface area contributed by atoms with Gasteiger partial charge in [0, 0.05) is 17.1 Å². The van der Waals surface area contributed by atoms with E-state index < -0.39 is 5.97 Å². The summed E-state index contributed by atoms with van der Waals surface area (Å²) >= 11 is 1.20. The van der Waals surface area contributed by atoms with E-state index in [0.29, 0.717) is 16.2 Å². The Kier molecular flexibility index (Phi) is 3.35. The van der Waals surface area contributed by atoms with Crippen LogP contribution in [0, 0.1) is 0 Å². The second-order valence-electron chi connectivity index (χ2n) is 4.20. The van der Waals surface area contributed by atoms with Crippen molar-refractivity contribution in [3.63, 3.8) is 0 Å². The van der Waals surface area contributed by atoms with Crippen LogP contribution in [0.2, 0.25) is 0 Å². The number of rotatable bonds is 4. The van der Waals surface area contributed by atoms with Gasteiger partial charge in [0.25, 0.3) is 0 Å². The van der Waals surface area contributed by atoms with Crippen LogP contribution in [0.25, 0.3) is 10.9 Å². The molecule has 100 valence electrons. The first kappa shape index (κ1) is 12.6. The number of thiophene rings is 1. The molecule has 20 heavy (non-hydrogen) atoms. The van der Waals surface area contributed by atoms with Gasteiger partial charge in [0.2, 0.25) is 0 Å². The Balaban J connectivity index is 1.87. The molecule has 0 aliphatic heterocycles. The molecule has 0 aliphatic carbocycles. The average molecular weight is 285 g/mol. The molecular formula is C15H11NO3S. The maximum atomic E-state index is 11.1. The highest BCUT2D eigenvalue weighted by Gasteiger charge is 2.12. The number of aromatic nitrogens is 1. The summed E-state index contributed by atoms with van der Waals surface area (Å²) in [5.74, 6) is -0.212. The number of hydrogen-bond donors (Lipinski definition) is 1. The van der Waals surface area contributed by atoms with Crippen LogP contribution in [0.4, 0.5) is 0 Å². The molecule has 3 rings (SSSR count). The molecule has 0 aliphatic rings. The number of nitrogens with zero attached hydrogens (tertiary/aromatic N) is 1. The van der Waals surface area contributed by atoms with Gasteiger partial charge >= 0.3 is 5.97 Å². The minimum absolute atomic E-state index is 0.235. The molecule has 0 spiro atoms. The van der Waals surface area contributed by atoms with E-state index in [9.17, 15) is 4.79 Å². The van der Waals surface area contributed by atoms with Crippen molar-refractivity contribution < 1.29 is 14.6 Å². The minimum atomic E-state index is -0.918. The van der Waals surface area contributed by atoms with Crippen LogP contribution >= 0.6 is 11.3 Å². The van der Waals surface area contributed by atoms with Gasteiger partial charge in [0.15, 0.2) is 0 Å². The lowest BCUT2D eigenvalue weighted by atomic mass is 10.2. The number of hydrogen-bond acceptors (Lipinski definition) is 4. The minimum Gasteiger partial charge on any atom is -0.488 e. The predicted molar refractivity (Wildman–Crippen MR) is 77.4 cm³/mol. The summed E-state index contributed by atoms with van der Waals surface area (Å²) in [7, 11) is 0. The van der Waals surface area contributed by atoms with Gasteiger partial charge in [-0.2, -0.15) is 0 Å². The topological polar surface area (TPSA) is 59.4 Å². The summed E-state index contributed by atoms with van der Waals surface area (Å²) in [6.45, 7) is 0.235. The van der Waals surface area contributed by atoms with E-state index in [1.807, 2.05) is 30.3 Å². The number of pyridine rings is 1. The SMILES string of the molecule is O=C(O)c1sccc1COc1cccc2ncccc12. The first-order valence-corrected chi connectivity index (χ1v) is 6.90. The molecule has 0 saturated carbocycles. The first-order chi connectivity index (χ1) is 9.75. The number of aromatic carboxylic acids is 1. The highest BCUT2D eigenvalue weighted by molar-refractivity contribution is 7.12. The standard InChI is InChI=1S/C15H11NO3S/c17-15(18)14-10(6-8-20-14)9-19-13-5-1-4-12-11(13)3-2-7-16-12/h1-8H,9H2,(H,17,18). The first-order valence-electron chi connectivity index (χ1n) is 6.02. The van der Waals surface area contributed by atoms with E-state index in [1.165, 1.54) is 11.3 Å². The number of carbonyl (C=O) groups is 1. The molecular weight excluding hydrogens is 274 g/mol. The third kappa shape index (κ3) is 2.35. The molecule has 2 heterocycles. The van der Waals surface area contributed by atoms with E-state index in [2.05, 4.69) is 4.98 Å². The summed E-state index contributed by atoms with van der Waals surface area (Å²) in [5, 5.41) is 11.7. The molecule has 0 bridgehead atoms. The largest absolute Gasteiger partial charge is 0.488 e. The number of carboxylic acid groups (broad SMARTS) is 1.